The molecule has 164 valence electrons. The second kappa shape index (κ2) is 9.71. The standard InChI is InChI=1S/C22H14N4O7/c23-13-15(22(28)24-16-5-8-18(27)9-6-16)11-14-3-1-2-4-20(14)33-21-10-7-17(25(29)30)12-19(21)26(31)32/h1-12,27H,(H,24,28)/b15-11+. The van der Waals surface area contributed by atoms with Crippen LogP contribution >= 0.6 is 0 Å². The Kier molecular flexibility index (Phi) is 6.61. The van der Waals surface area contributed by atoms with Crippen molar-refractivity contribution < 1.29 is 24.5 Å². The second-order valence-electron chi connectivity index (χ2n) is 6.48. The van der Waals surface area contributed by atoms with Crippen molar-refractivity contribution in [1.82, 2.24) is 0 Å². The summed E-state index contributed by atoms with van der Waals surface area (Å²) >= 11 is 0. The van der Waals surface area contributed by atoms with Crippen LogP contribution in [0.1, 0.15) is 5.56 Å². The normalized spacial score (nSPS) is 10.7. The molecule has 3 aromatic rings. The third kappa shape index (κ3) is 5.47. The topological polar surface area (TPSA) is 169 Å². The van der Waals surface area contributed by atoms with E-state index in [4.69, 9.17) is 4.74 Å². The molecule has 0 aromatic heterocycles. The van der Waals surface area contributed by atoms with Crippen molar-refractivity contribution in [2.24, 2.45) is 0 Å². The summed E-state index contributed by atoms with van der Waals surface area (Å²) in [6.45, 7) is 0. The summed E-state index contributed by atoms with van der Waals surface area (Å²) in [6.07, 6.45) is 1.24. The lowest BCUT2D eigenvalue weighted by Crippen LogP contribution is -2.13. The number of nitrogens with one attached hydrogen (secondary N) is 1. The van der Waals surface area contributed by atoms with Gasteiger partial charge in [0.25, 0.3) is 11.6 Å². The predicted molar refractivity (Wildman–Crippen MR) is 117 cm³/mol. The van der Waals surface area contributed by atoms with Gasteiger partial charge in [-0.15, -0.1) is 0 Å². The van der Waals surface area contributed by atoms with Crippen LogP contribution in [0.5, 0.6) is 17.2 Å². The first-order chi connectivity index (χ1) is 15.8. The van der Waals surface area contributed by atoms with Gasteiger partial charge in [0.05, 0.1) is 15.9 Å². The van der Waals surface area contributed by atoms with E-state index >= 15 is 0 Å². The highest BCUT2D eigenvalue weighted by Gasteiger charge is 2.22. The van der Waals surface area contributed by atoms with Crippen LogP contribution < -0.4 is 10.1 Å². The first-order valence-corrected chi connectivity index (χ1v) is 9.20. The average Bonchev–Trinajstić information content (AvgIpc) is 2.79. The molecule has 11 nitrogen and oxygen atoms in total. The largest absolute Gasteiger partial charge is 0.508 e. The van der Waals surface area contributed by atoms with Crippen molar-refractivity contribution in [2.45, 2.75) is 0 Å². The molecule has 2 N–H and O–H groups in total. The monoisotopic (exact) mass is 446 g/mol. The number of hydrogen-bond acceptors (Lipinski definition) is 8. The van der Waals surface area contributed by atoms with E-state index in [0.717, 1.165) is 18.2 Å². The summed E-state index contributed by atoms with van der Waals surface area (Å²) in [5.41, 5.74) is -0.752. The highest BCUT2D eigenvalue weighted by Crippen LogP contribution is 2.36. The molecule has 0 fully saturated rings. The number of aromatic hydroxyl groups is 1. The zero-order chi connectivity index (χ0) is 24.0. The lowest BCUT2D eigenvalue weighted by molar-refractivity contribution is -0.394. The van der Waals surface area contributed by atoms with Gasteiger partial charge in [0, 0.05) is 17.3 Å². The van der Waals surface area contributed by atoms with Crippen molar-refractivity contribution in [1.29, 1.82) is 5.26 Å². The Bertz CT molecular complexity index is 1310. The lowest BCUT2D eigenvalue weighted by atomic mass is 10.1. The second-order valence-corrected chi connectivity index (χ2v) is 6.48. The molecule has 0 aliphatic rings. The molecule has 0 aliphatic carbocycles. The number of ether oxygens (including phenoxy) is 1. The number of carbonyl (C=O) groups excluding carboxylic acids is 1. The Balaban J connectivity index is 1.92. The average molecular weight is 446 g/mol. The molecule has 0 atom stereocenters. The van der Waals surface area contributed by atoms with Crippen LogP contribution in [0.15, 0.2) is 72.3 Å². The molecule has 1 amide bonds. The fraction of sp³-hybridized carbons (Fsp3) is 0. The van der Waals surface area contributed by atoms with Gasteiger partial charge in [-0.1, -0.05) is 18.2 Å². The van der Waals surface area contributed by atoms with E-state index in [2.05, 4.69) is 5.32 Å². The first-order valence-electron chi connectivity index (χ1n) is 9.20. The van der Waals surface area contributed by atoms with Gasteiger partial charge in [-0.2, -0.15) is 5.26 Å². The minimum Gasteiger partial charge on any atom is -0.508 e. The van der Waals surface area contributed by atoms with Gasteiger partial charge >= 0.3 is 5.69 Å². The molecule has 0 bridgehead atoms. The van der Waals surface area contributed by atoms with Crippen molar-refractivity contribution in [2.75, 3.05) is 5.32 Å². The third-order valence-corrected chi connectivity index (χ3v) is 4.28. The number of anilines is 1. The van der Waals surface area contributed by atoms with Crippen LogP contribution in [0.25, 0.3) is 6.08 Å². The maximum absolute atomic E-state index is 12.5. The molecule has 0 saturated heterocycles. The number of phenolic OH excluding ortho intramolecular Hbond substituents is 1. The van der Waals surface area contributed by atoms with Gasteiger partial charge in [-0.25, -0.2) is 0 Å². The number of para-hydroxylation sites is 1. The summed E-state index contributed by atoms with van der Waals surface area (Å²) in [5, 5.41) is 43.6. The van der Waals surface area contributed by atoms with Gasteiger partial charge in [-0.05, 0) is 42.5 Å². The number of rotatable bonds is 7. The molecule has 0 aliphatic heterocycles. The molecule has 0 saturated carbocycles. The minimum atomic E-state index is -0.813. The van der Waals surface area contributed by atoms with Gasteiger partial charge in [-0.3, -0.25) is 25.0 Å². The molecule has 0 heterocycles. The molecule has 11 heteroatoms. The molecule has 0 unspecified atom stereocenters. The maximum Gasteiger partial charge on any atom is 0.318 e. The number of benzene rings is 3. The summed E-state index contributed by atoms with van der Waals surface area (Å²) in [5.74, 6) is -0.882. The summed E-state index contributed by atoms with van der Waals surface area (Å²) < 4.78 is 5.62. The quantitative estimate of drug-likeness (QED) is 0.175. The Morgan fingerprint density at radius 2 is 1.70 bits per heavy atom. The summed E-state index contributed by atoms with van der Waals surface area (Å²) in [7, 11) is 0. The number of hydrogen-bond donors (Lipinski definition) is 2. The van der Waals surface area contributed by atoms with E-state index in [1.165, 1.54) is 42.5 Å². The van der Waals surface area contributed by atoms with Gasteiger partial charge in [0.2, 0.25) is 5.75 Å². The van der Waals surface area contributed by atoms with Gasteiger partial charge < -0.3 is 15.2 Å². The summed E-state index contributed by atoms with van der Waals surface area (Å²) in [4.78, 5) is 33.2. The smallest absolute Gasteiger partial charge is 0.318 e. The Hall–Kier alpha value is -5.24. The number of amides is 1. The molecular weight excluding hydrogens is 432 g/mol. The lowest BCUT2D eigenvalue weighted by Gasteiger charge is -2.10. The van der Waals surface area contributed by atoms with Crippen molar-refractivity contribution in [3.05, 3.63) is 98.1 Å². The van der Waals surface area contributed by atoms with E-state index in [9.17, 15) is 35.4 Å². The molecular formula is C22H14N4O7. The van der Waals surface area contributed by atoms with E-state index in [-0.39, 0.29) is 28.4 Å². The third-order valence-electron chi connectivity index (χ3n) is 4.28. The molecule has 0 radical (unpaired) electrons. The van der Waals surface area contributed by atoms with Crippen LogP contribution in [0, 0.1) is 31.6 Å². The fourth-order valence-corrected chi connectivity index (χ4v) is 2.71. The van der Waals surface area contributed by atoms with Crippen LogP contribution in [0.2, 0.25) is 0 Å². The van der Waals surface area contributed by atoms with Crippen LogP contribution in [-0.2, 0) is 4.79 Å². The van der Waals surface area contributed by atoms with Gasteiger partial charge in [0.15, 0.2) is 0 Å². The highest BCUT2D eigenvalue weighted by molar-refractivity contribution is 6.09. The summed E-state index contributed by atoms with van der Waals surface area (Å²) in [6, 6.07) is 16.5. The SMILES string of the molecule is N#C/C(=C\c1ccccc1Oc1ccc([N+](=O)[O-])cc1[N+](=O)[O-])C(=O)Nc1ccc(O)cc1. The fourth-order valence-electron chi connectivity index (χ4n) is 2.71. The number of nitro benzene ring substituents is 2. The number of phenols is 1. The van der Waals surface area contributed by atoms with Crippen molar-refractivity contribution >= 4 is 29.0 Å². The number of nitro groups is 2. The predicted octanol–water partition coefficient (Wildman–Crippen LogP) is 4.55. The Labute approximate surface area is 186 Å². The zero-order valence-electron chi connectivity index (χ0n) is 16.7. The number of nitrogens with zero attached hydrogens (tertiary/aromatic N) is 3. The van der Waals surface area contributed by atoms with E-state index < -0.39 is 27.1 Å². The molecule has 33 heavy (non-hydrogen) atoms. The van der Waals surface area contributed by atoms with Crippen molar-refractivity contribution in [3.8, 4) is 23.3 Å². The zero-order valence-corrected chi connectivity index (χ0v) is 16.7. The molecule has 3 rings (SSSR count). The highest BCUT2D eigenvalue weighted by atomic mass is 16.6. The number of non-ortho nitro benzene ring substituents is 1. The van der Waals surface area contributed by atoms with Crippen molar-refractivity contribution in [3.63, 3.8) is 0 Å². The Morgan fingerprint density at radius 1 is 1.00 bits per heavy atom. The number of carbonyl (C=O) groups is 1. The minimum absolute atomic E-state index is 0.00969. The maximum atomic E-state index is 12.5. The van der Waals surface area contributed by atoms with Crippen LogP contribution in [0.4, 0.5) is 17.1 Å². The van der Waals surface area contributed by atoms with Crippen LogP contribution in [-0.4, -0.2) is 20.9 Å². The van der Waals surface area contributed by atoms with E-state index in [1.807, 2.05) is 0 Å². The van der Waals surface area contributed by atoms with Gasteiger partial charge in [0.1, 0.15) is 23.1 Å². The number of nitriles is 1. The molecule has 3 aromatic carbocycles. The first kappa shape index (κ1) is 22.4. The molecule has 0 spiro atoms. The Morgan fingerprint density at radius 3 is 2.33 bits per heavy atom. The van der Waals surface area contributed by atoms with E-state index in [1.54, 1.807) is 18.2 Å². The van der Waals surface area contributed by atoms with Crippen LogP contribution in [0.3, 0.4) is 0 Å². The van der Waals surface area contributed by atoms with E-state index in [0.29, 0.717) is 5.69 Å².